The number of ether oxygens (including phenoxy) is 1. The minimum Gasteiger partial charge on any atom is -0.508 e. The summed E-state index contributed by atoms with van der Waals surface area (Å²) in [5.41, 5.74) is 2.26. The summed E-state index contributed by atoms with van der Waals surface area (Å²) in [6, 6.07) is 14.3. The van der Waals surface area contributed by atoms with Crippen molar-refractivity contribution >= 4 is 5.97 Å². The van der Waals surface area contributed by atoms with Gasteiger partial charge in [0.05, 0.1) is 11.7 Å². The van der Waals surface area contributed by atoms with Gasteiger partial charge in [-0.3, -0.25) is 0 Å². The number of aromatic hydroxyl groups is 1. The number of phenolic OH excluding ortho intramolecular Hbond substituents is 1. The van der Waals surface area contributed by atoms with Gasteiger partial charge in [-0.2, -0.15) is 0 Å². The molecular formula is C21H26O3. The van der Waals surface area contributed by atoms with Crippen LogP contribution in [0.3, 0.4) is 0 Å². The molecule has 1 N–H and O–H groups in total. The van der Waals surface area contributed by atoms with E-state index in [0.29, 0.717) is 5.56 Å². The van der Waals surface area contributed by atoms with E-state index in [1.54, 1.807) is 30.3 Å². The van der Waals surface area contributed by atoms with Gasteiger partial charge in [0.2, 0.25) is 0 Å². The molecule has 2 aromatic rings. The van der Waals surface area contributed by atoms with E-state index >= 15 is 0 Å². The molecule has 0 amide bonds. The van der Waals surface area contributed by atoms with Gasteiger partial charge in [-0.1, -0.05) is 56.5 Å². The Hall–Kier alpha value is -2.29. The largest absolute Gasteiger partial charge is 0.508 e. The second-order valence-electron chi connectivity index (χ2n) is 6.16. The van der Waals surface area contributed by atoms with Gasteiger partial charge in [-0.15, -0.1) is 0 Å². The van der Waals surface area contributed by atoms with Crippen molar-refractivity contribution in [2.45, 2.75) is 52.1 Å². The summed E-state index contributed by atoms with van der Waals surface area (Å²) in [4.78, 5) is 12.5. The van der Waals surface area contributed by atoms with Crippen LogP contribution in [0.2, 0.25) is 0 Å². The Labute approximate surface area is 144 Å². The first kappa shape index (κ1) is 18.1. The Kier molecular flexibility index (Phi) is 6.86. The van der Waals surface area contributed by atoms with E-state index in [0.717, 1.165) is 24.0 Å². The summed E-state index contributed by atoms with van der Waals surface area (Å²) in [5, 5.41) is 9.43. The smallest absolute Gasteiger partial charge is 0.339 e. The summed E-state index contributed by atoms with van der Waals surface area (Å²) < 4.78 is 5.61. The van der Waals surface area contributed by atoms with Gasteiger partial charge < -0.3 is 9.84 Å². The third-order valence-electron chi connectivity index (χ3n) is 4.10. The fourth-order valence-electron chi connectivity index (χ4n) is 2.72. The van der Waals surface area contributed by atoms with Crippen LogP contribution in [0.4, 0.5) is 0 Å². The van der Waals surface area contributed by atoms with Crippen LogP contribution in [0.1, 0.15) is 56.3 Å². The van der Waals surface area contributed by atoms with Crippen LogP contribution < -0.4 is 0 Å². The van der Waals surface area contributed by atoms with E-state index in [4.69, 9.17) is 4.74 Å². The summed E-state index contributed by atoms with van der Waals surface area (Å²) in [7, 11) is 0. The first-order valence-electron chi connectivity index (χ1n) is 8.71. The lowest BCUT2D eigenvalue weighted by molar-refractivity contribution is 0.0320. The molecule has 0 aliphatic heterocycles. The second kappa shape index (κ2) is 9.11. The molecule has 3 heteroatoms. The number of hydrogen-bond acceptors (Lipinski definition) is 3. The molecule has 0 bridgehead atoms. The van der Waals surface area contributed by atoms with E-state index in [1.807, 2.05) is 25.1 Å². The minimum atomic E-state index is -0.290. The number of rotatable bonds is 8. The number of carbonyl (C=O) groups excluding carboxylic acids is 1. The van der Waals surface area contributed by atoms with Crippen LogP contribution >= 0.6 is 0 Å². The van der Waals surface area contributed by atoms with Crippen molar-refractivity contribution in [3.8, 4) is 16.9 Å². The van der Waals surface area contributed by atoms with E-state index in [9.17, 15) is 9.90 Å². The Morgan fingerprint density at radius 2 is 1.75 bits per heavy atom. The molecule has 0 fully saturated rings. The molecule has 2 rings (SSSR count). The highest BCUT2D eigenvalue weighted by molar-refractivity contribution is 5.97. The monoisotopic (exact) mass is 326 g/mol. The predicted octanol–water partition coefficient (Wildman–Crippen LogP) is 5.57. The molecule has 3 nitrogen and oxygen atoms in total. The molecule has 1 atom stereocenters. The number of benzene rings is 2. The summed E-state index contributed by atoms with van der Waals surface area (Å²) in [5.74, 6) is -0.0822. The highest BCUT2D eigenvalue weighted by Crippen LogP contribution is 2.26. The molecule has 0 unspecified atom stereocenters. The zero-order valence-corrected chi connectivity index (χ0v) is 14.5. The van der Waals surface area contributed by atoms with Gasteiger partial charge in [0.25, 0.3) is 0 Å². The molecule has 24 heavy (non-hydrogen) atoms. The van der Waals surface area contributed by atoms with Crippen LogP contribution in [0.5, 0.6) is 5.75 Å². The van der Waals surface area contributed by atoms with Gasteiger partial charge in [0, 0.05) is 0 Å². The van der Waals surface area contributed by atoms with E-state index in [1.165, 1.54) is 19.3 Å². The van der Waals surface area contributed by atoms with Gasteiger partial charge >= 0.3 is 5.97 Å². The van der Waals surface area contributed by atoms with Gasteiger partial charge in [0.15, 0.2) is 0 Å². The van der Waals surface area contributed by atoms with Crippen LogP contribution in [-0.4, -0.2) is 17.2 Å². The highest BCUT2D eigenvalue weighted by atomic mass is 16.5. The molecule has 0 radical (unpaired) electrons. The number of phenols is 1. The Morgan fingerprint density at radius 3 is 2.46 bits per heavy atom. The molecule has 128 valence electrons. The van der Waals surface area contributed by atoms with Crippen molar-refractivity contribution < 1.29 is 14.6 Å². The van der Waals surface area contributed by atoms with Gasteiger partial charge in [0.1, 0.15) is 5.75 Å². The number of hydrogen-bond donors (Lipinski definition) is 1. The number of carbonyl (C=O) groups is 1. The van der Waals surface area contributed by atoms with Gasteiger partial charge in [-0.05, 0) is 49.1 Å². The van der Waals surface area contributed by atoms with Crippen LogP contribution in [0.25, 0.3) is 11.1 Å². The quantitative estimate of drug-likeness (QED) is 0.509. The maximum absolute atomic E-state index is 12.5. The van der Waals surface area contributed by atoms with Crippen LogP contribution in [-0.2, 0) is 4.74 Å². The fraction of sp³-hybridized carbons (Fsp3) is 0.381. The SMILES string of the molecule is CCCCCC[C@H](C)OC(=O)c1ccccc1-c1ccc(O)cc1. The molecule has 0 saturated heterocycles. The first-order valence-corrected chi connectivity index (χ1v) is 8.71. The van der Waals surface area contributed by atoms with Gasteiger partial charge in [-0.25, -0.2) is 4.79 Å². The Morgan fingerprint density at radius 1 is 1.04 bits per heavy atom. The summed E-state index contributed by atoms with van der Waals surface area (Å²) >= 11 is 0. The molecular weight excluding hydrogens is 300 g/mol. The topological polar surface area (TPSA) is 46.5 Å². The fourth-order valence-corrected chi connectivity index (χ4v) is 2.72. The van der Waals surface area contributed by atoms with Crippen molar-refractivity contribution in [1.29, 1.82) is 0 Å². The maximum Gasteiger partial charge on any atom is 0.339 e. The zero-order valence-electron chi connectivity index (χ0n) is 14.5. The average molecular weight is 326 g/mol. The third-order valence-corrected chi connectivity index (χ3v) is 4.10. The zero-order chi connectivity index (χ0) is 17.4. The average Bonchev–Trinajstić information content (AvgIpc) is 2.59. The molecule has 0 aliphatic carbocycles. The maximum atomic E-state index is 12.5. The number of esters is 1. The van der Waals surface area contributed by atoms with Crippen molar-refractivity contribution in [1.82, 2.24) is 0 Å². The molecule has 0 saturated carbocycles. The lowest BCUT2D eigenvalue weighted by Gasteiger charge is -2.15. The second-order valence-corrected chi connectivity index (χ2v) is 6.16. The lowest BCUT2D eigenvalue weighted by atomic mass is 9.99. The lowest BCUT2D eigenvalue weighted by Crippen LogP contribution is -2.15. The van der Waals surface area contributed by atoms with E-state index < -0.39 is 0 Å². The minimum absolute atomic E-state index is 0.0813. The molecule has 0 heterocycles. The van der Waals surface area contributed by atoms with Crippen LogP contribution in [0.15, 0.2) is 48.5 Å². The van der Waals surface area contributed by atoms with Crippen LogP contribution in [0, 0.1) is 0 Å². The predicted molar refractivity (Wildman–Crippen MR) is 97.2 cm³/mol. The third kappa shape index (κ3) is 5.12. The molecule has 2 aromatic carbocycles. The summed E-state index contributed by atoms with van der Waals surface area (Å²) in [6.07, 6.45) is 5.51. The highest BCUT2D eigenvalue weighted by Gasteiger charge is 2.16. The van der Waals surface area contributed by atoms with Crippen molar-refractivity contribution in [3.63, 3.8) is 0 Å². The van der Waals surface area contributed by atoms with E-state index in [-0.39, 0.29) is 17.8 Å². The Balaban J connectivity index is 2.06. The Bertz CT molecular complexity index is 646. The summed E-state index contributed by atoms with van der Waals surface area (Å²) in [6.45, 7) is 4.14. The molecule has 0 spiro atoms. The first-order chi connectivity index (χ1) is 11.6. The molecule has 0 aromatic heterocycles. The van der Waals surface area contributed by atoms with E-state index in [2.05, 4.69) is 6.92 Å². The van der Waals surface area contributed by atoms with Crippen molar-refractivity contribution in [3.05, 3.63) is 54.1 Å². The van der Waals surface area contributed by atoms with Crippen molar-refractivity contribution in [2.24, 2.45) is 0 Å². The number of unbranched alkanes of at least 4 members (excludes halogenated alkanes) is 3. The standard InChI is InChI=1S/C21H26O3/c1-3-4-5-6-9-16(2)24-21(23)20-11-8-7-10-19(20)17-12-14-18(22)15-13-17/h7-8,10-16,22H,3-6,9H2,1-2H3/t16-/m0/s1. The van der Waals surface area contributed by atoms with Crippen molar-refractivity contribution in [2.75, 3.05) is 0 Å². The normalized spacial score (nSPS) is 11.9. The molecule has 0 aliphatic rings.